The second-order valence-corrected chi connectivity index (χ2v) is 12.1. The second kappa shape index (κ2) is 14.0. The zero-order valence-electron chi connectivity index (χ0n) is 21.7. The number of rotatable bonds is 9. The minimum Gasteiger partial charge on any atom is -0.483 e. The number of carbonyl (C=O) groups is 2. The average molecular weight is 729 g/mol. The third-order valence-corrected chi connectivity index (χ3v) is 8.02. The molecule has 0 spiro atoms. The van der Waals surface area contributed by atoms with E-state index in [1.165, 1.54) is 16.7 Å². The number of hydrogen-bond donors (Lipinski definition) is 1. The molecule has 4 aromatic rings. The van der Waals surface area contributed by atoms with E-state index in [1.807, 2.05) is 30.3 Å². The number of nitrogens with zero attached hydrogens (tertiary/aromatic N) is 3. The van der Waals surface area contributed by atoms with Crippen LogP contribution in [0.5, 0.6) is 5.75 Å². The predicted octanol–water partition coefficient (Wildman–Crippen LogP) is 7.98. The number of hydrogen-bond acceptors (Lipinski definition) is 7. The van der Waals surface area contributed by atoms with Crippen LogP contribution in [-0.4, -0.2) is 34.7 Å². The topological polar surface area (TPSA) is 96.5 Å². The number of furan rings is 1. The first-order valence-electron chi connectivity index (χ1n) is 12.4. The van der Waals surface area contributed by atoms with Gasteiger partial charge in [-0.15, -0.1) is 5.10 Å². The molecule has 0 radical (unpaired) electrons. The smallest absolute Gasteiger partial charge is 0.267 e. The molecule has 12 heteroatoms. The lowest BCUT2D eigenvalue weighted by atomic mass is 10.2. The molecule has 0 aliphatic carbocycles. The first-order valence-corrected chi connectivity index (χ1v) is 15.2. The third kappa shape index (κ3) is 8.01. The molecule has 1 saturated heterocycles. The van der Waals surface area contributed by atoms with Crippen molar-refractivity contribution in [3.05, 3.63) is 121 Å². The van der Waals surface area contributed by atoms with Crippen molar-refractivity contribution in [3.8, 4) is 5.75 Å². The summed E-state index contributed by atoms with van der Waals surface area (Å²) in [5.74, 6) is 0.433. The largest absolute Gasteiger partial charge is 0.483 e. The van der Waals surface area contributed by atoms with Crippen molar-refractivity contribution in [1.82, 2.24) is 4.90 Å². The van der Waals surface area contributed by atoms with Gasteiger partial charge in [0.1, 0.15) is 11.5 Å². The van der Waals surface area contributed by atoms with Gasteiger partial charge in [-0.25, -0.2) is 0 Å². The lowest BCUT2D eigenvalue weighted by Crippen LogP contribution is -2.28. The van der Waals surface area contributed by atoms with Crippen LogP contribution in [0.2, 0.25) is 5.02 Å². The Morgan fingerprint density at radius 2 is 1.81 bits per heavy atom. The molecule has 2 heterocycles. The van der Waals surface area contributed by atoms with E-state index < -0.39 is 0 Å². The summed E-state index contributed by atoms with van der Waals surface area (Å²) < 4.78 is 13.1. The molecule has 1 N–H and O–H groups in total. The highest BCUT2D eigenvalue weighted by Gasteiger charge is 2.34. The van der Waals surface area contributed by atoms with Gasteiger partial charge in [-0.1, -0.05) is 55.6 Å². The third-order valence-electron chi connectivity index (χ3n) is 5.75. The molecule has 8 nitrogen and oxygen atoms in total. The molecule has 5 rings (SSSR count). The molecule has 0 unspecified atom stereocenters. The van der Waals surface area contributed by atoms with Gasteiger partial charge in [0.25, 0.3) is 11.8 Å². The van der Waals surface area contributed by atoms with Gasteiger partial charge in [0.2, 0.25) is 0 Å². The molecule has 3 aromatic carbocycles. The molecular formula is C30H21Br2ClN4O4S. The Hall–Kier alpha value is -3.64. The van der Waals surface area contributed by atoms with Crippen molar-refractivity contribution in [2.75, 3.05) is 11.9 Å². The fraction of sp³-hybridized carbons (Fsp3) is 0.0667. The average Bonchev–Trinajstić information content (AvgIpc) is 3.59. The van der Waals surface area contributed by atoms with E-state index in [2.05, 4.69) is 47.4 Å². The molecule has 42 heavy (non-hydrogen) atoms. The van der Waals surface area contributed by atoms with Gasteiger partial charge in [-0.2, -0.15) is 5.10 Å². The van der Waals surface area contributed by atoms with Crippen LogP contribution in [0.15, 0.2) is 114 Å². The first-order chi connectivity index (χ1) is 20.3. The summed E-state index contributed by atoms with van der Waals surface area (Å²) in [6, 6.07) is 23.3. The molecule has 1 aliphatic rings. The van der Waals surface area contributed by atoms with Gasteiger partial charge in [0, 0.05) is 25.2 Å². The Kier molecular flexibility index (Phi) is 9.96. The number of halogens is 3. The first kappa shape index (κ1) is 29.8. The summed E-state index contributed by atoms with van der Waals surface area (Å²) >= 11 is 14.0. The van der Waals surface area contributed by atoms with E-state index in [4.69, 9.17) is 20.8 Å². The van der Waals surface area contributed by atoms with E-state index in [0.717, 1.165) is 14.5 Å². The fourth-order valence-electron chi connectivity index (χ4n) is 3.75. The predicted molar refractivity (Wildman–Crippen MR) is 174 cm³/mol. The lowest BCUT2D eigenvalue weighted by molar-refractivity contribution is -0.122. The second-order valence-electron chi connectivity index (χ2n) is 8.79. The van der Waals surface area contributed by atoms with Crippen LogP contribution < -0.4 is 10.1 Å². The summed E-state index contributed by atoms with van der Waals surface area (Å²) in [7, 11) is 0. The van der Waals surface area contributed by atoms with Gasteiger partial charge >= 0.3 is 0 Å². The quantitative estimate of drug-likeness (QED) is 0.107. The maximum absolute atomic E-state index is 13.5. The van der Waals surface area contributed by atoms with Crippen molar-refractivity contribution in [1.29, 1.82) is 0 Å². The molecular weight excluding hydrogens is 708 g/mol. The molecule has 1 aromatic heterocycles. The van der Waals surface area contributed by atoms with Crippen molar-refractivity contribution >= 4 is 90.2 Å². The maximum atomic E-state index is 13.5. The van der Waals surface area contributed by atoms with E-state index in [9.17, 15) is 9.59 Å². The zero-order valence-corrected chi connectivity index (χ0v) is 26.4. The monoisotopic (exact) mass is 726 g/mol. The lowest BCUT2D eigenvalue weighted by Gasteiger charge is -2.13. The number of benzene rings is 3. The van der Waals surface area contributed by atoms with Gasteiger partial charge in [-0.3, -0.25) is 14.5 Å². The highest BCUT2D eigenvalue weighted by molar-refractivity contribution is 9.10. The van der Waals surface area contributed by atoms with E-state index >= 15 is 0 Å². The number of carbonyl (C=O) groups excluding carboxylic acids is 2. The fourth-order valence-corrected chi connectivity index (χ4v) is 5.45. The highest BCUT2D eigenvalue weighted by Crippen LogP contribution is 2.36. The Bertz CT molecular complexity index is 1670. The normalized spacial score (nSPS) is 15.2. The number of anilines is 1. The van der Waals surface area contributed by atoms with Crippen LogP contribution >= 0.6 is 55.2 Å². The van der Waals surface area contributed by atoms with E-state index in [1.54, 1.807) is 67.1 Å². The van der Waals surface area contributed by atoms with Crippen molar-refractivity contribution in [2.24, 2.45) is 10.2 Å². The maximum Gasteiger partial charge on any atom is 0.267 e. The van der Waals surface area contributed by atoms with Crippen molar-refractivity contribution < 1.29 is 18.7 Å². The van der Waals surface area contributed by atoms with Gasteiger partial charge < -0.3 is 14.5 Å². The molecule has 0 bridgehead atoms. The van der Waals surface area contributed by atoms with Crippen LogP contribution in [0.3, 0.4) is 0 Å². The van der Waals surface area contributed by atoms with Crippen molar-refractivity contribution in [2.45, 2.75) is 6.54 Å². The Labute approximate surface area is 267 Å². The SMILES string of the molecule is O=C(COc1ccc(Br)cc1/C=C1\S/C(=N/N=C\c2ccc(Br)cc2)N(Cc2ccco2)C1=O)Nc1ccc(Cl)cc1. The molecule has 1 aliphatic heterocycles. The Morgan fingerprint density at radius 3 is 2.55 bits per heavy atom. The zero-order chi connectivity index (χ0) is 29.5. The number of amidine groups is 1. The Morgan fingerprint density at radius 1 is 1.05 bits per heavy atom. The molecule has 0 atom stereocenters. The number of amides is 2. The minimum absolute atomic E-state index is 0.190. The van der Waals surface area contributed by atoms with Gasteiger partial charge in [0.05, 0.1) is 23.9 Å². The number of ether oxygens (including phenoxy) is 1. The standard InChI is InChI=1S/C30H21Br2ClN4O4S/c31-21-5-3-19(4-6-21)16-34-36-30-37(17-25-2-1-13-40-25)29(39)27(42-30)15-20-14-22(32)7-12-26(20)41-18-28(38)35-24-10-8-23(33)9-11-24/h1-16H,17-18H2,(H,35,38)/b27-15-,34-16-,36-30+. The van der Waals surface area contributed by atoms with Gasteiger partial charge in [-0.05, 0) is 90.1 Å². The molecule has 2 amide bonds. The van der Waals surface area contributed by atoms with Crippen LogP contribution in [-0.2, 0) is 16.1 Å². The summed E-state index contributed by atoms with van der Waals surface area (Å²) in [5.41, 5.74) is 2.07. The van der Waals surface area contributed by atoms with E-state index in [-0.39, 0.29) is 25.0 Å². The Balaban J connectivity index is 1.36. The summed E-state index contributed by atoms with van der Waals surface area (Å²) in [6.07, 6.45) is 4.88. The highest BCUT2D eigenvalue weighted by atomic mass is 79.9. The molecule has 1 fully saturated rings. The van der Waals surface area contributed by atoms with Crippen LogP contribution in [0.25, 0.3) is 6.08 Å². The summed E-state index contributed by atoms with van der Waals surface area (Å²) in [4.78, 5) is 28.0. The number of thioether (sulfide) groups is 1. The van der Waals surface area contributed by atoms with E-state index in [0.29, 0.717) is 37.9 Å². The van der Waals surface area contributed by atoms with Crippen LogP contribution in [0.4, 0.5) is 5.69 Å². The van der Waals surface area contributed by atoms with Crippen LogP contribution in [0.1, 0.15) is 16.9 Å². The van der Waals surface area contributed by atoms with Crippen molar-refractivity contribution in [3.63, 3.8) is 0 Å². The molecule has 212 valence electrons. The number of nitrogens with one attached hydrogen (secondary N) is 1. The minimum atomic E-state index is -0.340. The van der Waals surface area contributed by atoms with Gasteiger partial charge in [0.15, 0.2) is 11.8 Å². The summed E-state index contributed by atoms with van der Waals surface area (Å²) in [6.45, 7) is -0.0425. The van der Waals surface area contributed by atoms with Crippen LogP contribution in [0, 0.1) is 0 Å². The molecule has 0 saturated carbocycles. The summed E-state index contributed by atoms with van der Waals surface area (Å²) in [5, 5.41) is 12.3.